The molecule has 3 atom stereocenters. The molecule has 2 heterocycles. The summed E-state index contributed by atoms with van der Waals surface area (Å²) < 4.78 is 0. The van der Waals surface area contributed by atoms with Gasteiger partial charge in [0.1, 0.15) is 0 Å². The van der Waals surface area contributed by atoms with E-state index in [2.05, 4.69) is 36.0 Å². The number of nitrogens with zero attached hydrogens (tertiary/aromatic N) is 2. The van der Waals surface area contributed by atoms with Crippen LogP contribution in [0, 0.1) is 0 Å². The first-order valence-corrected chi connectivity index (χ1v) is 9.34. The molecule has 1 aliphatic carbocycles. The van der Waals surface area contributed by atoms with Gasteiger partial charge in [-0.2, -0.15) is 0 Å². The molecule has 3 fully saturated rings. The van der Waals surface area contributed by atoms with Gasteiger partial charge >= 0.3 is 0 Å². The molecule has 0 aromatic heterocycles. The first-order chi connectivity index (χ1) is 10.1. The third-order valence-electron chi connectivity index (χ3n) is 6.60. The van der Waals surface area contributed by atoms with E-state index < -0.39 is 0 Å². The highest BCUT2D eigenvalue weighted by molar-refractivity contribution is 5.02. The van der Waals surface area contributed by atoms with E-state index in [9.17, 15) is 0 Å². The van der Waals surface area contributed by atoms with Crippen molar-refractivity contribution in [1.82, 2.24) is 15.1 Å². The van der Waals surface area contributed by atoms with E-state index in [1.54, 1.807) is 0 Å². The second kappa shape index (κ2) is 6.55. The molecule has 1 N–H and O–H groups in total. The van der Waals surface area contributed by atoms with Crippen LogP contribution in [0.25, 0.3) is 0 Å². The standard InChI is InChI=1S/C18H35N3/c1-4-16-13-19-18(9-6-5-7-10-18)14-21(16)17-8-11-20(3)15(2)12-17/h15-17,19H,4-14H2,1-3H3. The van der Waals surface area contributed by atoms with Gasteiger partial charge in [-0.05, 0) is 52.6 Å². The zero-order chi connectivity index (χ0) is 14.9. The summed E-state index contributed by atoms with van der Waals surface area (Å²) in [7, 11) is 2.29. The van der Waals surface area contributed by atoms with E-state index >= 15 is 0 Å². The van der Waals surface area contributed by atoms with Gasteiger partial charge in [0.25, 0.3) is 0 Å². The van der Waals surface area contributed by atoms with Crippen LogP contribution in [0.1, 0.15) is 65.2 Å². The van der Waals surface area contributed by atoms with Gasteiger partial charge in [-0.3, -0.25) is 4.90 Å². The highest BCUT2D eigenvalue weighted by Crippen LogP contribution is 2.35. The maximum atomic E-state index is 3.97. The Labute approximate surface area is 131 Å². The van der Waals surface area contributed by atoms with E-state index in [1.165, 1.54) is 71.0 Å². The Morgan fingerprint density at radius 1 is 1.19 bits per heavy atom. The number of nitrogens with one attached hydrogen (secondary N) is 1. The fourth-order valence-corrected chi connectivity index (χ4v) is 4.92. The largest absolute Gasteiger partial charge is 0.308 e. The molecular formula is C18H35N3. The Balaban J connectivity index is 1.70. The molecule has 21 heavy (non-hydrogen) atoms. The van der Waals surface area contributed by atoms with Crippen LogP contribution >= 0.6 is 0 Å². The van der Waals surface area contributed by atoms with Gasteiger partial charge in [-0.1, -0.05) is 26.2 Å². The van der Waals surface area contributed by atoms with Crippen LogP contribution in [0.5, 0.6) is 0 Å². The lowest BCUT2D eigenvalue weighted by atomic mass is 9.78. The van der Waals surface area contributed by atoms with Crippen molar-refractivity contribution in [2.75, 3.05) is 26.7 Å². The smallest absolute Gasteiger partial charge is 0.0309 e. The monoisotopic (exact) mass is 293 g/mol. The number of likely N-dealkylation sites (tertiary alicyclic amines) is 1. The molecule has 122 valence electrons. The summed E-state index contributed by atoms with van der Waals surface area (Å²) in [6.07, 6.45) is 11.2. The van der Waals surface area contributed by atoms with Crippen LogP contribution in [0.2, 0.25) is 0 Å². The molecule has 0 amide bonds. The van der Waals surface area contributed by atoms with Gasteiger partial charge < -0.3 is 10.2 Å². The fraction of sp³-hybridized carbons (Fsp3) is 1.00. The molecule has 0 radical (unpaired) electrons. The van der Waals surface area contributed by atoms with Crippen LogP contribution in [-0.4, -0.2) is 60.1 Å². The third-order valence-corrected chi connectivity index (χ3v) is 6.60. The van der Waals surface area contributed by atoms with Crippen molar-refractivity contribution < 1.29 is 0 Å². The summed E-state index contributed by atoms with van der Waals surface area (Å²) in [5.41, 5.74) is 0.455. The molecule has 0 aromatic rings. The van der Waals surface area contributed by atoms with Crippen LogP contribution in [-0.2, 0) is 0 Å². The molecule has 1 saturated carbocycles. The van der Waals surface area contributed by atoms with Crippen molar-refractivity contribution in [3.63, 3.8) is 0 Å². The molecular weight excluding hydrogens is 258 g/mol. The minimum atomic E-state index is 0.455. The van der Waals surface area contributed by atoms with Crippen molar-refractivity contribution in [2.45, 2.75) is 88.9 Å². The van der Waals surface area contributed by atoms with Crippen LogP contribution in [0.3, 0.4) is 0 Å². The van der Waals surface area contributed by atoms with Gasteiger partial charge in [0.15, 0.2) is 0 Å². The quantitative estimate of drug-likeness (QED) is 0.844. The topological polar surface area (TPSA) is 18.5 Å². The molecule has 2 aliphatic heterocycles. The predicted molar refractivity (Wildman–Crippen MR) is 89.7 cm³/mol. The summed E-state index contributed by atoms with van der Waals surface area (Å²) in [4.78, 5) is 5.46. The van der Waals surface area contributed by atoms with E-state index in [1.807, 2.05) is 0 Å². The molecule has 3 unspecified atom stereocenters. The van der Waals surface area contributed by atoms with Gasteiger partial charge in [0, 0.05) is 36.8 Å². The summed E-state index contributed by atoms with van der Waals surface area (Å²) in [5, 5.41) is 3.97. The average Bonchev–Trinajstić information content (AvgIpc) is 2.51. The van der Waals surface area contributed by atoms with Gasteiger partial charge in [-0.15, -0.1) is 0 Å². The lowest BCUT2D eigenvalue weighted by Gasteiger charge is -2.53. The zero-order valence-corrected chi connectivity index (χ0v) is 14.4. The number of piperazine rings is 1. The molecule has 1 spiro atoms. The van der Waals surface area contributed by atoms with E-state index in [-0.39, 0.29) is 0 Å². The highest BCUT2D eigenvalue weighted by Gasteiger charge is 2.42. The van der Waals surface area contributed by atoms with Crippen molar-refractivity contribution in [3.8, 4) is 0 Å². The Morgan fingerprint density at radius 2 is 1.95 bits per heavy atom. The molecule has 0 aromatic carbocycles. The first-order valence-electron chi connectivity index (χ1n) is 9.34. The van der Waals surface area contributed by atoms with E-state index in [0.717, 1.165) is 18.1 Å². The van der Waals surface area contributed by atoms with Crippen molar-refractivity contribution in [2.24, 2.45) is 0 Å². The molecule has 3 nitrogen and oxygen atoms in total. The van der Waals surface area contributed by atoms with Crippen molar-refractivity contribution in [3.05, 3.63) is 0 Å². The normalized spacial score (nSPS) is 38.7. The van der Waals surface area contributed by atoms with E-state index in [0.29, 0.717) is 5.54 Å². The number of rotatable bonds is 2. The second-order valence-corrected chi connectivity index (χ2v) is 7.96. The van der Waals surface area contributed by atoms with Gasteiger partial charge in [-0.25, -0.2) is 0 Å². The SMILES string of the molecule is CCC1CNC2(CCCCC2)CN1C1CCN(C)C(C)C1. The minimum Gasteiger partial charge on any atom is -0.308 e. The summed E-state index contributed by atoms with van der Waals surface area (Å²) in [5.74, 6) is 0. The van der Waals surface area contributed by atoms with Crippen LogP contribution in [0.15, 0.2) is 0 Å². The second-order valence-electron chi connectivity index (χ2n) is 7.96. The molecule has 3 heteroatoms. The lowest BCUT2D eigenvalue weighted by molar-refractivity contribution is -0.00660. The minimum absolute atomic E-state index is 0.455. The Hall–Kier alpha value is -0.120. The lowest BCUT2D eigenvalue weighted by Crippen LogP contribution is -2.67. The Kier molecular flexibility index (Phi) is 4.92. The van der Waals surface area contributed by atoms with Crippen LogP contribution in [0.4, 0.5) is 0 Å². The van der Waals surface area contributed by atoms with E-state index in [4.69, 9.17) is 0 Å². The average molecular weight is 293 g/mol. The fourth-order valence-electron chi connectivity index (χ4n) is 4.92. The third kappa shape index (κ3) is 3.30. The van der Waals surface area contributed by atoms with Gasteiger partial charge in [0.05, 0.1) is 0 Å². The summed E-state index contributed by atoms with van der Waals surface area (Å²) in [6.45, 7) is 8.59. The molecule has 0 bridgehead atoms. The van der Waals surface area contributed by atoms with Crippen LogP contribution < -0.4 is 5.32 Å². The highest BCUT2D eigenvalue weighted by atomic mass is 15.3. The maximum Gasteiger partial charge on any atom is 0.0309 e. The summed E-state index contributed by atoms with van der Waals surface area (Å²) in [6, 6.07) is 2.33. The zero-order valence-electron chi connectivity index (χ0n) is 14.4. The predicted octanol–water partition coefficient (Wildman–Crippen LogP) is 2.86. The number of hydrogen-bond donors (Lipinski definition) is 1. The van der Waals surface area contributed by atoms with Crippen molar-refractivity contribution in [1.29, 1.82) is 0 Å². The molecule has 3 aliphatic rings. The van der Waals surface area contributed by atoms with Gasteiger partial charge in [0.2, 0.25) is 0 Å². The molecule has 3 rings (SSSR count). The first kappa shape index (κ1) is 15.8. The maximum absolute atomic E-state index is 3.97. The Bertz CT molecular complexity index is 337. The molecule has 2 saturated heterocycles. The summed E-state index contributed by atoms with van der Waals surface area (Å²) >= 11 is 0. The van der Waals surface area contributed by atoms with Crippen molar-refractivity contribution >= 4 is 0 Å². The number of hydrogen-bond acceptors (Lipinski definition) is 3. The number of piperidine rings is 1. The Morgan fingerprint density at radius 3 is 2.62 bits per heavy atom.